The Morgan fingerprint density at radius 2 is 2.00 bits per heavy atom. The molecule has 7 nitrogen and oxygen atoms in total. The predicted molar refractivity (Wildman–Crippen MR) is 78.9 cm³/mol. The molecule has 1 aliphatic rings. The van der Waals surface area contributed by atoms with Gasteiger partial charge in [-0.25, -0.2) is 0 Å². The molecule has 1 fully saturated rings. The first-order valence-corrected chi connectivity index (χ1v) is 7.16. The normalized spacial score (nSPS) is 17.1. The van der Waals surface area contributed by atoms with E-state index in [0.29, 0.717) is 24.6 Å². The number of piperidine rings is 1. The zero-order chi connectivity index (χ0) is 14.5. The second-order valence-electron chi connectivity index (χ2n) is 5.27. The number of likely N-dealkylation sites (tertiary alicyclic amines) is 1. The summed E-state index contributed by atoms with van der Waals surface area (Å²) in [5.74, 6) is 0.805. The molecule has 0 unspecified atom stereocenters. The standard InChI is InChI=1S/C13H24N6O/c1-4-9-20-13-16-11(14)15-12(17-13)19(3)10-5-7-18(2)8-6-10/h10H,4-9H2,1-3H3,(H2,14,15,16,17). The van der Waals surface area contributed by atoms with E-state index in [-0.39, 0.29) is 5.95 Å². The minimum absolute atomic E-state index is 0.209. The van der Waals surface area contributed by atoms with Gasteiger partial charge in [-0.05, 0) is 39.4 Å². The highest BCUT2D eigenvalue weighted by Gasteiger charge is 2.23. The first kappa shape index (κ1) is 14.8. The van der Waals surface area contributed by atoms with Crippen molar-refractivity contribution in [3.05, 3.63) is 0 Å². The molecule has 112 valence electrons. The van der Waals surface area contributed by atoms with E-state index in [0.717, 1.165) is 32.4 Å². The van der Waals surface area contributed by atoms with Gasteiger partial charge in [0.2, 0.25) is 11.9 Å². The summed E-state index contributed by atoms with van der Waals surface area (Å²) in [6.07, 6.45) is 3.11. The minimum Gasteiger partial charge on any atom is -0.463 e. The molecule has 1 aliphatic heterocycles. The van der Waals surface area contributed by atoms with Crippen LogP contribution in [0, 0.1) is 0 Å². The number of anilines is 2. The molecule has 1 saturated heterocycles. The summed E-state index contributed by atoms with van der Waals surface area (Å²) in [4.78, 5) is 17.0. The van der Waals surface area contributed by atoms with Gasteiger partial charge in [-0.15, -0.1) is 0 Å². The van der Waals surface area contributed by atoms with Crippen molar-refractivity contribution in [3.8, 4) is 6.01 Å². The molecule has 0 aromatic carbocycles. The maximum Gasteiger partial charge on any atom is 0.323 e. The molecule has 0 spiro atoms. The highest BCUT2D eigenvalue weighted by molar-refractivity contribution is 5.36. The van der Waals surface area contributed by atoms with Crippen molar-refractivity contribution in [3.63, 3.8) is 0 Å². The summed E-state index contributed by atoms with van der Waals surface area (Å²) in [7, 11) is 4.15. The zero-order valence-electron chi connectivity index (χ0n) is 12.5. The molecule has 0 amide bonds. The Kier molecular flexibility index (Phi) is 4.94. The second kappa shape index (κ2) is 6.69. The van der Waals surface area contributed by atoms with Crippen molar-refractivity contribution in [2.45, 2.75) is 32.2 Å². The summed E-state index contributed by atoms with van der Waals surface area (Å²) < 4.78 is 5.45. The number of nitrogens with zero attached hydrogens (tertiary/aromatic N) is 5. The average Bonchev–Trinajstić information content (AvgIpc) is 2.44. The number of hydrogen-bond donors (Lipinski definition) is 1. The van der Waals surface area contributed by atoms with Gasteiger partial charge < -0.3 is 20.3 Å². The quantitative estimate of drug-likeness (QED) is 0.853. The van der Waals surface area contributed by atoms with E-state index >= 15 is 0 Å². The molecule has 0 aliphatic carbocycles. The molecular weight excluding hydrogens is 256 g/mol. The molecule has 0 saturated carbocycles. The summed E-state index contributed by atoms with van der Waals surface area (Å²) >= 11 is 0. The van der Waals surface area contributed by atoms with E-state index in [1.54, 1.807) is 0 Å². The number of nitrogens with two attached hydrogens (primary N) is 1. The van der Waals surface area contributed by atoms with Gasteiger partial charge in [0.25, 0.3) is 0 Å². The smallest absolute Gasteiger partial charge is 0.323 e. The van der Waals surface area contributed by atoms with Gasteiger partial charge in [0, 0.05) is 13.1 Å². The fourth-order valence-corrected chi connectivity index (χ4v) is 2.32. The Balaban J connectivity index is 2.08. The molecule has 7 heteroatoms. The average molecular weight is 280 g/mol. The van der Waals surface area contributed by atoms with Gasteiger partial charge >= 0.3 is 6.01 Å². The van der Waals surface area contributed by atoms with Gasteiger partial charge in [0.15, 0.2) is 0 Å². The van der Waals surface area contributed by atoms with E-state index in [2.05, 4.69) is 31.8 Å². The van der Waals surface area contributed by atoms with Crippen molar-refractivity contribution in [2.24, 2.45) is 0 Å². The maximum atomic E-state index is 5.74. The van der Waals surface area contributed by atoms with Crippen LogP contribution in [0.25, 0.3) is 0 Å². The monoisotopic (exact) mass is 280 g/mol. The number of aromatic nitrogens is 3. The van der Waals surface area contributed by atoms with Crippen molar-refractivity contribution in [1.29, 1.82) is 0 Å². The third kappa shape index (κ3) is 3.69. The summed E-state index contributed by atoms with van der Waals surface area (Å²) in [5.41, 5.74) is 5.74. The first-order valence-electron chi connectivity index (χ1n) is 7.16. The molecule has 2 heterocycles. The Labute approximate surface area is 120 Å². The lowest BCUT2D eigenvalue weighted by atomic mass is 10.0. The molecule has 0 bridgehead atoms. The van der Waals surface area contributed by atoms with E-state index in [4.69, 9.17) is 10.5 Å². The van der Waals surface area contributed by atoms with Crippen LogP contribution in [-0.2, 0) is 0 Å². The third-order valence-corrected chi connectivity index (χ3v) is 3.61. The number of ether oxygens (including phenoxy) is 1. The summed E-state index contributed by atoms with van der Waals surface area (Å²) in [6, 6.07) is 0.751. The SMILES string of the molecule is CCCOc1nc(N)nc(N(C)C2CCN(C)CC2)n1. The van der Waals surface area contributed by atoms with Crippen LogP contribution in [0.1, 0.15) is 26.2 Å². The molecule has 1 aromatic heterocycles. The number of hydrogen-bond acceptors (Lipinski definition) is 7. The molecule has 2 N–H and O–H groups in total. The topological polar surface area (TPSA) is 80.4 Å². The highest BCUT2D eigenvalue weighted by Crippen LogP contribution is 2.20. The van der Waals surface area contributed by atoms with E-state index in [1.807, 2.05) is 14.0 Å². The van der Waals surface area contributed by atoms with Crippen molar-refractivity contribution in [2.75, 3.05) is 44.4 Å². The lowest BCUT2D eigenvalue weighted by Gasteiger charge is -2.35. The van der Waals surface area contributed by atoms with Gasteiger partial charge in [0.05, 0.1) is 6.61 Å². The van der Waals surface area contributed by atoms with Crippen LogP contribution in [0.15, 0.2) is 0 Å². The zero-order valence-corrected chi connectivity index (χ0v) is 12.5. The molecule has 0 radical (unpaired) electrons. The van der Waals surface area contributed by atoms with E-state index < -0.39 is 0 Å². The maximum absolute atomic E-state index is 5.74. The predicted octanol–water partition coefficient (Wildman–Crippen LogP) is 0.773. The van der Waals surface area contributed by atoms with Crippen LogP contribution in [0.5, 0.6) is 6.01 Å². The number of nitrogen functional groups attached to an aromatic ring is 1. The van der Waals surface area contributed by atoms with Crippen molar-refractivity contribution in [1.82, 2.24) is 19.9 Å². The Hall–Kier alpha value is -1.63. The molecular formula is C13H24N6O. The van der Waals surface area contributed by atoms with Crippen LogP contribution in [0.2, 0.25) is 0 Å². The van der Waals surface area contributed by atoms with Crippen LogP contribution < -0.4 is 15.4 Å². The molecule has 2 rings (SSSR count). The lowest BCUT2D eigenvalue weighted by molar-refractivity contribution is 0.251. The van der Waals surface area contributed by atoms with Crippen LogP contribution in [0.4, 0.5) is 11.9 Å². The number of rotatable bonds is 5. The Morgan fingerprint density at radius 3 is 2.65 bits per heavy atom. The van der Waals surface area contributed by atoms with E-state index in [9.17, 15) is 0 Å². The molecule has 1 aromatic rings. The third-order valence-electron chi connectivity index (χ3n) is 3.61. The second-order valence-corrected chi connectivity index (χ2v) is 5.27. The van der Waals surface area contributed by atoms with Crippen LogP contribution in [-0.4, -0.2) is 59.7 Å². The fourth-order valence-electron chi connectivity index (χ4n) is 2.32. The van der Waals surface area contributed by atoms with Gasteiger partial charge in [-0.1, -0.05) is 6.92 Å². The Morgan fingerprint density at radius 1 is 1.30 bits per heavy atom. The van der Waals surface area contributed by atoms with Crippen molar-refractivity contribution < 1.29 is 4.74 Å². The lowest BCUT2D eigenvalue weighted by Crippen LogP contribution is -2.42. The molecule has 0 atom stereocenters. The summed E-state index contributed by atoms with van der Waals surface area (Å²) in [6.45, 7) is 4.81. The first-order chi connectivity index (χ1) is 9.60. The van der Waals surface area contributed by atoms with E-state index in [1.165, 1.54) is 0 Å². The fraction of sp³-hybridized carbons (Fsp3) is 0.769. The van der Waals surface area contributed by atoms with Gasteiger partial charge in [-0.3, -0.25) is 0 Å². The van der Waals surface area contributed by atoms with Gasteiger partial charge in [-0.2, -0.15) is 15.0 Å². The van der Waals surface area contributed by atoms with Crippen LogP contribution in [0.3, 0.4) is 0 Å². The summed E-state index contributed by atoms with van der Waals surface area (Å²) in [5, 5.41) is 0. The van der Waals surface area contributed by atoms with Crippen LogP contribution >= 0.6 is 0 Å². The highest BCUT2D eigenvalue weighted by atomic mass is 16.5. The van der Waals surface area contributed by atoms with Crippen molar-refractivity contribution >= 4 is 11.9 Å². The Bertz CT molecular complexity index is 433. The minimum atomic E-state index is 0.209. The molecule has 20 heavy (non-hydrogen) atoms. The van der Waals surface area contributed by atoms with Gasteiger partial charge in [0.1, 0.15) is 0 Å². The largest absolute Gasteiger partial charge is 0.463 e.